The van der Waals surface area contributed by atoms with E-state index < -0.39 is 0 Å². The standard InChI is InChI=1S/C16H12S/c1-11(17)16-14-8-4-2-6-12(14)10-13-7-3-5-9-15(13)16/h2-10H,1H3. The zero-order valence-electron chi connectivity index (χ0n) is 9.60. The zero-order valence-corrected chi connectivity index (χ0v) is 10.4. The van der Waals surface area contributed by atoms with Crippen molar-refractivity contribution in [2.45, 2.75) is 6.92 Å². The predicted molar refractivity (Wildman–Crippen MR) is 78.8 cm³/mol. The predicted octanol–water partition coefficient (Wildman–Crippen LogP) is 4.73. The van der Waals surface area contributed by atoms with Gasteiger partial charge in [0.1, 0.15) is 0 Å². The lowest BCUT2D eigenvalue weighted by molar-refractivity contribution is 1.73. The fraction of sp³-hybridized carbons (Fsp3) is 0.0625. The minimum atomic E-state index is 0.956. The molecular formula is C16H12S. The Balaban J connectivity index is 2.61. The van der Waals surface area contributed by atoms with Crippen molar-refractivity contribution < 1.29 is 0 Å². The zero-order chi connectivity index (χ0) is 11.8. The van der Waals surface area contributed by atoms with Crippen molar-refractivity contribution >= 4 is 38.6 Å². The van der Waals surface area contributed by atoms with Gasteiger partial charge in [-0.3, -0.25) is 0 Å². The minimum Gasteiger partial charge on any atom is -0.0845 e. The summed E-state index contributed by atoms with van der Waals surface area (Å²) >= 11 is 5.42. The van der Waals surface area contributed by atoms with E-state index in [1.165, 1.54) is 27.1 Å². The normalized spacial score (nSPS) is 10.9. The molecule has 0 radical (unpaired) electrons. The molecule has 0 spiro atoms. The third kappa shape index (κ3) is 1.63. The quantitative estimate of drug-likeness (QED) is 0.334. The number of hydrogen-bond acceptors (Lipinski definition) is 1. The maximum atomic E-state index is 5.42. The highest BCUT2D eigenvalue weighted by atomic mass is 32.1. The SMILES string of the molecule is CC(=S)c1c2ccccc2cc2ccccc12. The van der Waals surface area contributed by atoms with E-state index in [9.17, 15) is 0 Å². The van der Waals surface area contributed by atoms with Crippen molar-refractivity contribution in [2.75, 3.05) is 0 Å². The second-order valence-electron chi connectivity index (χ2n) is 4.25. The molecule has 0 fully saturated rings. The molecule has 0 nitrogen and oxygen atoms in total. The van der Waals surface area contributed by atoms with E-state index >= 15 is 0 Å². The third-order valence-corrected chi connectivity index (χ3v) is 3.33. The highest BCUT2D eigenvalue weighted by Gasteiger charge is 2.07. The Hall–Kier alpha value is -1.73. The summed E-state index contributed by atoms with van der Waals surface area (Å²) in [5, 5.41) is 5.01. The molecule has 1 heteroatoms. The van der Waals surface area contributed by atoms with Gasteiger partial charge >= 0.3 is 0 Å². The Morgan fingerprint density at radius 3 is 1.76 bits per heavy atom. The molecule has 3 aromatic rings. The Kier molecular flexibility index (Phi) is 2.41. The number of rotatable bonds is 1. The number of thiocarbonyl (C=S) groups is 1. The van der Waals surface area contributed by atoms with Crippen molar-refractivity contribution in [3.05, 3.63) is 60.2 Å². The molecule has 0 heterocycles. The van der Waals surface area contributed by atoms with Gasteiger partial charge in [0.2, 0.25) is 0 Å². The molecule has 0 aromatic heterocycles. The summed E-state index contributed by atoms with van der Waals surface area (Å²) in [5.41, 5.74) is 1.20. The molecular weight excluding hydrogens is 224 g/mol. The topological polar surface area (TPSA) is 0 Å². The molecule has 0 N–H and O–H groups in total. The minimum absolute atomic E-state index is 0.956. The van der Waals surface area contributed by atoms with E-state index in [1.54, 1.807) is 0 Å². The van der Waals surface area contributed by atoms with Crippen LogP contribution in [0.3, 0.4) is 0 Å². The molecule has 0 aliphatic carbocycles. The fourth-order valence-corrected chi connectivity index (χ4v) is 2.61. The van der Waals surface area contributed by atoms with Gasteiger partial charge < -0.3 is 0 Å². The average molecular weight is 236 g/mol. The Bertz CT molecular complexity index is 672. The lowest BCUT2D eigenvalue weighted by Crippen LogP contribution is -1.94. The molecule has 3 aromatic carbocycles. The van der Waals surface area contributed by atoms with Gasteiger partial charge in [-0.2, -0.15) is 0 Å². The second kappa shape index (κ2) is 3.94. The van der Waals surface area contributed by atoms with Crippen LogP contribution in [-0.2, 0) is 0 Å². The van der Waals surface area contributed by atoms with Gasteiger partial charge in [-0.25, -0.2) is 0 Å². The Morgan fingerprint density at radius 2 is 1.29 bits per heavy atom. The van der Waals surface area contributed by atoms with Gasteiger partial charge in [0.25, 0.3) is 0 Å². The summed E-state index contributed by atoms with van der Waals surface area (Å²) < 4.78 is 0. The molecule has 0 amide bonds. The Morgan fingerprint density at radius 1 is 0.824 bits per heavy atom. The van der Waals surface area contributed by atoms with Crippen LogP contribution in [0.2, 0.25) is 0 Å². The van der Waals surface area contributed by atoms with Crippen molar-refractivity contribution in [1.29, 1.82) is 0 Å². The van der Waals surface area contributed by atoms with E-state index in [4.69, 9.17) is 12.2 Å². The molecule has 0 unspecified atom stereocenters. The van der Waals surface area contributed by atoms with Crippen LogP contribution in [0.5, 0.6) is 0 Å². The smallest absolute Gasteiger partial charge is 0.0206 e. The summed E-state index contributed by atoms with van der Waals surface area (Å²) in [5.74, 6) is 0. The van der Waals surface area contributed by atoms with Gasteiger partial charge in [0.15, 0.2) is 0 Å². The molecule has 0 aliphatic rings. The van der Waals surface area contributed by atoms with Crippen molar-refractivity contribution in [2.24, 2.45) is 0 Å². The highest BCUT2D eigenvalue weighted by Crippen LogP contribution is 2.28. The lowest BCUT2D eigenvalue weighted by Gasteiger charge is -2.10. The molecule has 3 rings (SSSR count). The first kappa shape index (κ1) is 10.4. The van der Waals surface area contributed by atoms with Crippen LogP contribution < -0.4 is 0 Å². The summed E-state index contributed by atoms with van der Waals surface area (Å²) in [6, 6.07) is 19.1. The van der Waals surface area contributed by atoms with Gasteiger partial charge in [0.05, 0.1) is 0 Å². The van der Waals surface area contributed by atoms with Crippen LogP contribution in [0.25, 0.3) is 21.5 Å². The fourth-order valence-electron chi connectivity index (χ4n) is 2.39. The Labute approximate surface area is 106 Å². The first-order valence-corrected chi connectivity index (χ1v) is 6.09. The van der Waals surface area contributed by atoms with Crippen LogP contribution in [0, 0.1) is 0 Å². The third-order valence-electron chi connectivity index (χ3n) is 3.12. The van der Waals surface area contributed by atoms with Crippen molar-refractivity contribution in [3.63, 3.8) is 0 Å². The largest absolute Gasteiger partial charge is 0.0845 e. The molecule has 82 valence electrons. The average Bonchev–Trinajstić information content (AvgIpc) is 2.35. The van der Waals surface area contributed by atoms with Crippen molar-refractivity contribution in [3.8, 4) is 0 Å². The summed E-state index contributed by atoms with van der Waals surface area (Å²) in [4.78, 5) is 0.956. The molecule has 0 saturated heterocycles. The van der Waals surface area contributed by atoms with E-state index in [-0.39, 0.29) is 0 Å². The van der Waals surface area contributed by atoms with Gasteiger partial charge in [-0.15, -0.1) is 0 Å². The monoisotopic (exact) mass is 236 g/mol. The number of fused-ring (bicyclic) bond motifs is 2. The summed E-state index contributed by atoms with van der Waals surface area (Å²) in [6.45, 7) is 2.00. The van der Waals surface area contributed by atoms with E-state index in [0.717, 1.165) is 4.86 Å². The molecule has 0 atom stereocenters. The highest BCUT2D eigenvalue weighted by molar-refractivity contribution is 7.80. The maximum Gasteiger partial charge on any atom is 0.0206 e. The first-order valence-electron chi connectivity index (χ1n) is 5.69. The summed E-state index contributed by atoms with van der Waals surface area (Å²) in [6.07, 6.45) is 0. The van der Waals surface area contributed by atoms with E-state index in [2.05, 4.69) is 54.6 Å². The number of benzene rings is 3. The lowest BCUT2D eigenvalue weighted by atomic mass is 9.95. The van der Waals surface area contributed by atoms with E-state index in [0.29, 0.717) is 0 Å². The molecule has 0 saturated carbocycles. The van der Waals surface area contributed by atoms with Crippen LogP contribution in [-0.4, -0.2) is 4.86 Å². The van der Waals surface area contributed by atoms with Crippen LogP contribution in [0.15, 0.2) is 54.6 Å². The van der Waals surface area contributed by atoms with E-state index in [1.807, 2.05) is 6.92 Å². The molecule has 0 bridgehead atoms. The van der Waals surface area contributed by atoms with Crippen LogP contribution >= 0.6 is 12.2 Å². The van der Waals surface area contributed by atoms with Gasteiger partial charge in [0, 0.05) is 10.4 Å². The van der Waals surface area contributed by atoms with Crippen LogP contribution in [0.4, 0.5) is 0 Å². The second-order valence-corrected chi connectivity index (χ2v) is 4.86. The first-order chi connectivity index (χ1) is 8.27. The van der Waals surface area contributed by atoms with Gasteiger partial charge in [-0.05, 0) is 34.5 Å². The molecule has 0 aliphatic heterocycles. The number of hydrogen-bond donors (Lipinski definition) is 0. The molecule has 17 heavy (non-hydrogen) atoms. The summed E-state index contributed by atoms with van der Waals surface area (Å²) in [7, 11) is 0. The van der Waals surface area contributed by atoms with Crippen LogP contribution in [0.1, 0.15) is 12.5 Å². The van der Waals surface area contributed by atoms with Gasteiger partial charge in [-0.1, -0.05) is 60.7 Å². The van der Waals surface area contributed by atoms with Crippen molar-refractivity contribution in [1.82, 2.24) is 0 Å². The maximum absolute atomic E-state index is 5.42.